The van der Waals surface area contributed by atoms with E-state index < -0.39 is 0 Å². The zero-order chi connectivity index (χ0) is 19.9. The van der Waals surface area contributed by atoms with Gasteiger partial charge in [0.05, 0.1) is 11.1 Å². The van der Waals surface area contributed by atoms with Gasteiger partial charge in [-0.1, -0.05) is 60.2 Å². The van der Waals surface area contributed by atoms with Crippen molar-refractivity contribution < 1.29 is 4.79 Å². The highest BCUT2D eigenvalue weighted by Crippen LogP contribution is 2.46. The minimum Gasteiger partial charge on any atom is -0.342 e. The molecule has 1 spiro atoms. The van der Waals surface area contributed by atoms with Crippen molar-refractivity contribution in [1.82, 2.24) is 5.32 Å². The Balaban J connectivity index is 1.82. The molecule has 1 N–H and O–H groups in total. The summed E-state index contributed by atoms with van der Waals surface area (Å²) in [5.74, 6) is -0.0377. The summed E-state index contributed by atoms with van der Waals surface area (Å²) in [5, 5.41) is 3.33. The van der Waals surface area contributed by atoms with E-state index in [9.17, 15) is 4.79 Å². The first-order valence-electron chi connectivity index (χ1n) is 9.78. The van der Waals surface area contributed by atoms with Gasteiger partial charge in [-0.15, -0.1) is 0 Å². The third-order valence-corrected chi connectivity index (χ3v) is 5.99. The largest absolute Gasteiger partial charge is 0.342 e. The number of hydrogen-bond acceptors (Lipinski definition) is 2. The van der Waals surface area contributed by atoms with Gasteiger partial charge in [-0.2, -0.15) is 0 Å². The molecule has 1 aliphatic heterocycles. The van der Waals surface area contributed by atoms with Crippen LogP contribution in [0.5, 0.6) is 0 Å². The molecule has 2 aliphatic rings. The van der Waals surface area contributed by atoms with Crippen molar-refractivity contribution in [2.24, 2.45) is 4.99 Å². The number of aryl methyl sites for hydroxylation is 2. The third kappa shape index (κ3) is 3.01. The van der Waals surface area contributed by atoms with Gasteiger partial charge in [-0.3, -0.25) is 9.79 Å². The molecule has 2 aromatic carbocycles. The van der Waals surface area contributed by atoms with Gasteiger partial charge in [-0.05, 0) is 54.5 Å². The molecule has 1 amide bonds. The molecule has 0 fully saturated rings. The lowest BCUT2D eigenvalue weighted by atomic mass is 9.78. The average molecular weight is 370 g/mol. The van der Waals surface area contributed by atoms with Gasteiger partial charge >= 0.3 is 0 Å². The molecule has 0 bridgehead atoms. The highest BCUT2D eigenvalue weighted by atomic mass is 16.2. The van der Waals surface area contributed by atoms with E-state index in [1.165, 1.54) is 22.3 Å². The van der Waals surface area contributed by atoms with Crippen molar-refractivity contribution in [1.29, 1.82) is 0 Å². The van der Waals surface area contributed by atoms with Crippen LogP contribution in [0.1, 0.15) is 47.6 Å². The number of hydrogen-bond donors (Lipinski definition) is 1. The molecule has 3 heteroatoms. The predicted octanol–water partition coefficient (Wildman–Crippen LogP) is 4.84. The van der Waals surface area contributed by atoms with E-state index in [1.807, 2.05) is 6.92 Å². The summed E-state index contributed by atoms with van der Waals surface area (Å²) in [5.41, 5.74) is 8.51. The second kappa shape index (κ2) is 6.90. The van der Waals surface area contributed by atoms with E-state index in [0.717, 1.165) is 36.0 Å². The normalized spacial score (nSPS) is 21.3. The highest BCUT2D eigenvalue weighted by molar-refractivity contribution is 6.19. The van der Waals surface area contributed by atoms with Gasteiger partial charge in [0.1, 0.15) is 0 Å². The number of carbonyl (C=O) groups is 1. The number of rotatable bonds is 3. The van der Waals surface area contributed by atoms with Crippen LogP contribution >= 0.6 is 0 Å². The summed E-state index contributed by atoms with van der Waals surface area (Å²) in [6.45, 7) is 8.17. The van der Waals surface area contributed by atoms with Crippen molar-refractivity contribution >= 4 is 23.3 Å². The number of benzene rings is 2. The van der Waals surface area contributed by atoms with Gasteiger partial charge in [0.2, 0.25) is 0 Å². The molecular weight excluding hydrogens is 344 g/mol. The van der Waals surface area contributed by atoms with Crippen molar-refractivity contribution in [3.05, 3.63) is 82.4 Å². The Hall–Kier alpha value is -2.94. The van der Waals surface area contributed by atoms with Crippen LogP contribution in [-0.4, -0.2) is 19.2 Å². The zero-order valence-corrected chi connectivity index (χ0v) is 16.8. The molecule has 2 aromatic rings. The van der Waals surface area contributed by atoms with Crippen LogP contribution in [0.2, 0.25) is 0 Å². The predicted molar refractivity (Wildman–Crippen MR) is 116 cm³/mol. The lowest BCUT2D eigenvalue weighted by Gasteiger charge is -2.37. The number of aliphatic imine (C=N–C) groups is 1. The molecule has 0 saturated heterocycles. The van der Waals surface area contributed by atoms with E-state index >= 15 is 0 Å². The Morgan fingerprint density at radius 1 is 1.21 bits per heavy atom. The standard InChI is InChI=1S/C25H26N2O/c1-16(2)19-9-10-23-20(13-19)11-12-25(23)14-21(18-7-5-17(3)6-8-18)22(15-26-4)24(28)27-25/h5-10,13,15H,1,11-12,14H2,2-4H3,(H,27,28)/t25-/m0/s1. The monoisotopic (exact) mass is 370 g/mol. The average Bonchev–Trinajstić information content (AvgIpc) is 3.02. The van der Waals surface area contributed by atoms with Gasteiger partial charge in [-0.25, -0.2) is 0 Å². The van der Waals surface area contributed by atoms with Crippen LogP contribution in [0, 0.1) is 6.92 Å². The van der Waals surface area contributed by atoms with Crippen LogP contribution in [0.3, 0.4) is 0 Å². The number of amides is 1. The van der Waals surface area contributed by atoms with E-state index in [4.69, 9.17) is 0 Å². The van der Waals surface area contributed by atoms with Crippen LogP contribution < -0.4 is 5.32 Å². The maximum Gasteiger partial charge on any atom is 0.253 e. The van der Waals surface area contributed by atoms with E-state index in [-0.39, 0.29) is 11.4 Å². The minimum absolute atomic E-state index is 0.0377. The lowest BCUT2D eigenvalue weighted by molar-refractivity contribution is -0.119. The Labute approximate surface area is 166 Å². The number of fused-ring (bicyclic) bond motifs is 2. The molecule has 4 rings (SSSR count). The molecule has 0 aromatic heterocycles. The topological polar surface area (TPSA) is 41.5 Å². The van der Waals surface area contributed by atoms with E-state index in [0.29, 0.717) is 5.57 Å². The number of allylic oxidation sites excluding steroid dienone is 1. The van der Waals surface area contributed by atoms with Gasteiger partial charge in [0, 0.05) is 19.7 Å². The Bertz CT molecular complexity index is 1030. The van der Waals surface area contributed by atoms with Crippen molar-refractivity contribution in [3.63, 3.8) is 0 Å². The summed E-state index contributed by atoms with van der Waals surface area (Å²) in [6, 6.07) is 15.0. The second-order valence-electron chi connectivity index (χ2n) is 8.01. The van der Waals surface area contributed by atoms with Crippen LogP contribution in [0.15, 0.2) is 59.6 Å². The Morgan fingerprint density at radius 2 is 1.96 bits per heavy atom. The maximum atomic E-state index is 13.1. The molecule has 0 unspecified atom stereocenters. The molecule has 28 heavy (non-hydrogen) atoms. The lowest BCUT2D eigenvalue weighted by Crippen LogP contribution is -2.48. The van der Waals surface area contributed by atoms with E-state index in [2.05, 4.69) is 66.3 Å². The number of carbonyl (C=O) groups excluding carboxylic acids is 1. The quantitative estimate of drug-likeness (QED) is 0.772. The number of nitrogens with one attached hydrogen (secondary N) is 1. The highest BCUT2D eigenvalue weighted by Gasteiger charge is 2.44. The summed E-state index contributed by atoms with van der Waals surface area (Å²) < 4.78 is 0. The smallest absolute Gasteiger partial charge is 0.253 e. The molecule has 0 radical (unpaired) electrons. The molecule has 0 saturated carbocycles. The molecule has 3 nitrogen and oxygen atoms in total. The summed E-state index contributed by atoms with van der Waals surface area (Å²) >= 11 is 0. The first-order valence-corrected chi connectivity index (χ1v) is 9.78. The number of nitrogens with zero attached hydrogens (tertiary/aromatic N) is 1. The molecule has 1 heterocycles. The molecule has 1 aliphatic carbocycles. The fourth-order valence-electron chi connectivity index (χ4n) is 4.47. The summed E-state index contributed by atoms with van der Waals surface area (Å²) in [7, 11) is 1.71. The molecule has 142 valence electrons. The Kier molecular flexibility index (Phi) is 4.54. The van der Waals surface area contributed by atoms with Crippen molar-refractivity contribution in [3.8, 4) is 0 Å². The minimum atomic E-state index is -0.342. The van der Waals surface area contributed by atoms with Gasteiger partial charge in [0.25, 0.3) is 5.91 Å². The van der Waals surface area contributed by atoms with Crippen LogP contribution in [0.4, 0.5) is 0 Å². The third-order valence-electron chi connectivity index (χ3n) is 5.99. The fraction of sp³-hybridized carbons (Fsp3) is 0.280. The van der Waals surface area contributed by atoms with Crippen LogP contribution in [0.25, 0.3) is 11.1 Å². The van der Waals surface area contributed by atoms with Crippen molar-refractivity contribution in [2.75, 3.05) is 7.05 Å². The SMILES string of the molecule is C=C(C)c1ccc2c(c1)CC[C@]21CC(c2ccc(C)cc2)=C(C=NC)C(=O)N1. The Morgan fingerprint density at radius 3 is 2.64 bits per heavy atom. The maximum absolute atomic E-state index is 13.1. The summed E-state index contributed by atoms with van der Waals surface area (Å²) in [6.07, 6.45) is 4.36. The van der Waals surface area contributed by atoms with Crippen LogP contribution in [-0.2, 0) is 16.8 Å². The van der Waals surface area contributed by atoms with Crippen molar-refractivity contribution in [2.45, 2.75) is 38.6 Å². The van der Waals surface area contributed by atoms with E-state index in [1.54, 1.807) is 13.3 Å². The fourth-order valence-corrected chi connectivity index (χ4v) is 4.47. The second-order valence-corrected chi connectivity index (χ2v) is 8.01. The first-order chi connectivity index (χ1) is 13.4. The zero-order valence-electron chi connectivity index (χ0n) is 16.8. The molecule has 1 atom stereocenters. The van der Waals surface area contributed by atoms with Gasteiger partial charge < -0.3 is 5.32 Å². The molecular formula is C25H26N2O. The van der Waals surface area contributed by atoms with Gasteiger partial charge in [0.15, 0.2) is 0 Å². The summed E-state index contributed by atoms with van der Waals surface area (Å²) in [4.78, 5) is 17.2. The first kappa shape index (κ1) is 18.4.